The number of halogens is 2. The molecule has 3 rings (SSSR count). The van der Waals surface area contributed by atoms with Crippen LogP contribution in [0.2, 0.25) is 5.02 Å². The van der Waals surface area contributed by atoms with Gasteiger partial charge in [0, 0.05) is 27.7 Å². The number of rotatable bonds is 3. The molecule has 0 spiro atoms. The van der Waals surface area contributed by atoms with Crippen molar-refractivity contribution >= 4 is 33.2 Å². The average molecular weight is 371 g/mol. The summed E-state index contributed by atoms with van der Waals surface area (Å²) in [6.07, 6.45) is 0. The Labute approximate surface area is 135 Å². The van der Waals surface area contributed by atoms with Crippen molar-refractivity contribution in [1.29, 1.82) is 0 Å². The Bertz CT molecular complexity index is 706. The predicted molar refractivity (Wildman–Crippen MR) is 85.4 cm³/mol. The number of ether oxygens (including phenoxy) is 2. The van der Waals surface area contributed by atoms with Gasteiger partial charge in [-0.05, 0) is 46.6 Å². The number of hydrogen-bond acceptors (Lipinski definition) is 4. The monoisotopic (exact) mass is 369 g/mol. The lowest BCUT2D eigenvalue weighted by atomic mass is 10.1. The first-order valence-corrected chi connectivity index (χ1v) is 7.52. The molecule has 0 atom stereocenters. The minimum atomic E-state index is 0.168. The number of phenolic OH excluding ortho intramolecular Hbond substituents is 1. The third-order valence-electron chi connectivity index (χ3n) is 3.29. The lowest BCUT2D eigenvalue weighted by molar-refractivity contribution is 0.174. The summed E-state index contributed by atoms with van der Waals surface area (Å²) in [6.45, 7) is 2.58. The van der Waals surface area contributed by atoms with Crippen molar-refractivity contribution in [2.24, 2.45) is 0 Å². The first kappa shape index (κ1) is 14.4. The van der Waals surface area contributed by atoms with Gasteiger partial charge in [0.1, 0.15) is 5.75 Å². The van der Waals surface area contributed by atoms with Gasteiger partial charge in [-0.1, -0.05) is 11.6 Å². The minimum Gasteiger partial charge on any atom is -0.507 e. The fourth-order valence-electron chi connectivity index (χ4n) is 2.09. The van der Waals surface area contributed by atoms with Crippen molar-refractivity contribution in [3.63, 3.8) is 0 Å². The SMILES string of the molecule is Cc1cc(Br)c(NCc2cc3c(cc2O)OCO3)cc1Cl. The molecule has 2 N–H and O–H groups in total. The van der Waals surface area contributed by atoms with Crippen molar-refractivity contribution in [2.45, 2.75) is 13.5 Å². The van der Waals surface area contributed by atoms with E-state index in [0.29, 0.717) is 23.1 Å². The molecule has 110 valence electrons. The molecule has 0 unspecified atom stereocenters. The lowest BCUT2D eigenvalue weighted by Crippen LogP contribution is -2.01. The quantitative estimate of drug-likeness (QED) is 0.837. The fourth-order valence-corrected chi connectivity index (χ4v) is 2.85. The van der Waals surface area contributed by atoms with E-state index in [2.05, 4.69) is 21.2 Å². The van der Waals surface area contributed by atoms with Gasteiger partial charge in [-0.2, -0.15) is 0 Å². The maximum atomic E-state index is 10.0. The third-order valence-corrected chi connectivity index (χ3v) is 4.35. The van der Waals surface area contributed by atoms with E-state index in [1.165, 1.54) is 0 Å². The van der Waals surface area contributed by atoms with Crippen LogP contribution in [-0.2, 0) is 6.54 Å². The summed E-state index contributed by atoms with van der Waals surface area (Å²) in [5, 5.41) is 13.9. The third kappa shape index (κ3) is 2.89. The summed E-state index contributed by atoms with van der Waals surface area (Å²) in [6, 6.07) is 7.14. The highest BCUT2D eigenvalue weighted by Crippen LogP contribution is 2.38. The number of anilines is 1. The first-order chi connectivity index (χ1) is 10.0. The number of nitrogens with one attached hydrogen (secondary N) is 1. The molecule has 1 heterocycles. The van der Waals surface area contributed by atoms with Crippen LogP contribution in [0.4, 0.5) is 5.69 Å². The molecule has 0 bridgehead atoms. The molecule has 0 aromatic heterocycles. The van der Waals surface area contributed by atoms with Crippen LogP contribution < -0.4 is 14.8 Å². The van der Waals surface area contributed by atoms with Crippen molar-refractivity contribution in [3.05, 3.63) is 44.9 Å². The van der Waals surface area contributed by atoms with E-state index in [9.17, 15) is 5.11 Å². The number of aryl methyl sites for hydroxylation is 1. The smallest absolute Gasteiger partial charge is 0.231 e. The van der Waals surface area contributed by atoms with E-state index in [1.807, 2.05) is 19.1 Å². The Morgan fingerprint density at radius 3 is 2.71 bits per heavy atom. The summed E-state index contributed by atoms with van der Waals surface area (Å²) < 4.78 is 11.5. The molecule has 6 heteroatoms. The molecule has 21 heavy (non-hydrogen) atoms. The maximum absolute atomic E-state index is 10.0. The summed E-state index contributed by atoms with van der Waals surface area (Å²) in [4.78, 5) is 0. The van der Waals surface area contributed by atoms with Gasteiger partial charge in [0.2, 0.25) is 6.79 Å². The number of phenols is 1. The van der Waals surface area contributed by atoms with Crippen molar-refractivity contribution in [3.8, 4) is 17.2 Å². The maximum Gasteiger partial charge on any atom is 0.231 e. The molecule has 1 aliphatic rings. The molecule has 0 saturated carbocycles. The second-order valence-electron chi connectivity index (χ2n) is 4.77. The van der Waals surface area contributed by atoms with Gasteiger partial charge in [-0.25, -0.2) is 0 Å². The van der Waals surface area contributed by atoms with Crippen LogP contribution in [-0.4, -0.2) is 11.9 Å². The lowest BCUT2D eigenvalue weighted by Gasteiger charge is -2.12. The van der Waals surface area contributed by atoms with E-state index in [-0.39, 0.29) is 12.5 Å². The summed E-state index contributed by atoms with van der Waals surface area (Å²) in [5.74, 6) is 1.38. The average Bonchev–Trinajstić information content (AvgIpc) is 2.88. The van der Waals surface area contributed by atoms with Gasteiger partial charge in [-0.15, -0.1) is 0 Å². The van der Waals surface area contributed by atoms with Crippen LogP contribution in [0.15, 0.2) is 28.7 Å². The van der Waals surface area contributed by atoms with Gasteiger partial charge in [0.05, 0.1) is 5.69 Å². The van der Waals surface area contributed by atoms with Crippen LogP contribution in [0.1, 0.15) is 11.1 Å². The van der Waals surface area contributed by atoms with Crippen LogP contribution >= 0.6 is 27.5 Å². The van der Waals surface area contributed by atoms with E-state index < -0.39 is 0 Å². The van der Waals surface area contributed by atoms with Crippen LogP contribution in [0.25, 0.3) is 0 Å². The Morgan fingerprint density at radius 1 is 1.24 bits per heavy atom. The molecule has 2 aromatic carbocycles. The Balaban J connectivity index is 1.81. The van der Waals surface area contributed by atoms with Crippen LogP contribution in [0.5, 0.6) is 17.2 Å². The van der Waals surface area contributed by atoms with Crippen molar-refractivity contribution in [1.82, 2.24) is 0 Å². The number of hydrogen-bond donors (Lipinski definition) is 2. The predicted octanol–water partition coefficient (Wildman–Crippen LogP) is 4.46. The first-order valence-electron chi connectivity index (χ1n) is 6.35. The summed E-state index contributed by atoms with van der Waals surface area (Å²) in [7, 11) is 0. The van der Waals surface area contributed by atoms with Crippen LogP contribution in [0, 0.1) is 6.92 Å². The Hall–Kier alpha value is -1.59. The second-order valence-corrected chi connectivity index (χ2v) is 6.03. The second kappa shape index (κ2) is 5.66. The van der Waals surface area contributed by atoms with Gasteiger partial charge in [0.15, 0.2) is 11.5 Å². The molecule has 4 nitrogen and oxygen atoms in total. The topological polar surface area (TPSA) is 50.7 Å². The molecule has 1 aliphatic heterocycles. The molecule has 0 amide bonds. The molecule has 0 saturated heterocycles. The Morgan fingerprint density at radius 2 is 1.95 bits per heavy atom. The standard InChI is InChI=1S/C15H13BrClNO3/c1-8-2-10(16)12(4-11(8)17)18-6-9-3-14-15(5-13(9)19)21-7-20-14/h2-5,18-19H,6-7H2,1H3. The van der Waals surface area contributed by atoms with Gasteiger partial charge in [0.25, 0.3) is 0 Å². The van der Waals surface area contributed by atoms with E-state index in [0.717, 1.165) is 21.3 Å². The number of aromatic hydroxyl groups is 1. The summed E-state index contributed by atoms with van der Waals surface area (Å²) >= 11 is 9.62. The largest absolute Gasteiger partial charge is 0.507 e. The van der Waals surface area contributed by atoms with E-state index in [4.69, 9.17) is 21.1 Å². The van der Waals surface area contributed by atoms with Gasteiger partial charge >= 0.3 is 0 Å². The minimum absolute atomic E-state index is 0.168. The zero-order valence-corrected chi connectivity index (χ0v) is 13.6. The zero-order valence-electron chi connectivity index (χ0n) is 11.2. The Kier molecular flexibility index (Phi) is 3.87. The van der Waals surface area contributed by atoms with E-state index in [1.54, 1.807) is 12.1 Å². The molecule has 0 radical (unpaired) electrons. The number of benzene rings is 2. The zero-order chi connectivity index (χ0) is 15.0. The highest BCUT2D eigenvalue weighted by molar-refractivity contribution is 9.10. The molecule has 0 fully saturated rings. The van der Waals surface area contributed by atoms with Crippen LogP contribution in [0.3, 0.4) is 0 Å². The molecule has 0 aliphatic carbocycles. The fraction of sp³-hybridized carbons (Fsp3) is 0.200. The molecular weight excluding hydrogens is 358 g/mol. The molecule has 2 aromatic rings. The van der Waals surface area contributed by atoms with Gasteiger partial charge < -0.3 is 19.9 Å². The number of fused-ring (bicyclic) bond motifs is 1. The molecular formula is C15H13BrClNO3. The van der Waals surface area contributed by atoms with Crippen molar-refractivity contribution in [2.75, 3.05) is 12.1 Å². The van der Waals surface area contributed by atoms with E-state index >= 15 is 0 Å². The van der Waals surface area contributed by atoms with Gasteiger partial charge in [-0.3, -0.25) is 0 Å². The highest BCUT2D eigenvalue weighted by atomic mass is 79.9. The van der Waals surface area contributed by atoms with Crippen molar-refractivity contribution < 1.29 is 14.6 Å². The normalized spacial score (nSPS) is 12.5. The highest BCUT2D eigenvalue weighted by Gasteiger charge is 2.17. The summed E-state index contributed by atoms with van der Waals surface area (Å²) in [5.41, 5.74) is 2.59.